The molecule has 0 saturated heterocycles. The molecule has 7 heteroatoms. The molecule has 32 heavy (non-hydrogen) atoms. The van der Waals surface area contributed by atoms with Gasteiger partial charge in [0, 0.05) is 54.7 Å². The van der Waals surface area contributed by atoms with Gasteiger partial charge in [-0.25, -0.2) is 4.98 Å². The summed E-state index contributed by atoms with van der Waals surface area (Å²) in [5.74, 6) is 1.25. The molecule has 0 aliphatic rings. The average Bonchev–Trinajstić information content (AvgIpc) is 3.08. The second kappa shape index (κ2) is 9.51. The zero-order valence-electron chi connectivity index (χ0n) is 18.6. The van der Waals surface area contributed by atoms with E-state index in [-0.39, 0.29) is 5.91 Å². The van der Waals surface area contributed by atoms with Crippen molar-refractivity contribution in [2.75, 3.05) is 23.7 Å². The fourth-order valence-electron chi connectivity index (χ4n) is 3.67. The molecule has 0 bridgehead atoms. The number of aromatic nitrogens is 3. The van der Waals surface area contributed by atoms with Crippen LogP contribution in [-0.4, -0.2) is 33.5 Å². The third kappa shape index (κ3) is 5.24. The summed E-state index contributed by atoms with van der Waals surface area (Å²) >= 11 is 0. The lowest BCUT2D eigenvalue weighted by molar-refractivity contribution is -0.120. The van der Waals surface area contributed by atoms with Gasteiger partial charge in [0.2, 0.25) is 11.9 Å². The second-order valence-electron chi connectivity index (χ2n) is 7.95. The van der Waals surface area contributed by atoms with E-state index in [0.717, 1.165) is 33.7 Å². The number of nitrogens with one attached hydrogen (secondary N) is 3. The summed E-state index contributed by atoms with van der Waals surface area (Å²) in [5.41, 5.74) is 5.20. The molecule has 0 unspecified atom stereocenters. The van der Waals surface area contributed by atoms with Crippen LogP contribution in [0.4, 0.5) is 17.5 Å². The molecule has 0 aliphatic carbocycles. The van der Waals surface area contributed by atoms with Crippen LogP contribution in [0.1, 0.15) is 16.8 Å². The maximum atomic E-state index is 12.4. The van der Waals surface area contributed by atoms with E-state index in [1.807, 2.05) is 50.5 Å². The minimum Gasteiger partial charge on any atom is -0.354 e. The summed E-state index contributed by atoms with van der Waals surface area (Å²) in [6.07, 6.45) is 2.37. The number of hydrogen-bond acceptors (Lipinski definition) is 5. The molecule has 0 fully saturated rings. The van der Waals surface area contributed by atoms with Crippen molar-refractivity contribution in [1.82, 2.24) is 19.9 Å². The first-order chi connectivity index (χ1) is 15.5. The molecule has 0 saturated carbocycles. The van der Waals surface area contributed by atoms with Crippen LogP contribution in [0.25, 0.3) is 10.9 Å². The molecule has 0 atom stereocenters. The van der Waals surface area contributed by atoms with Crippen molar-refractivity contribution in [3.63, 3.8) is 0 Å². The van der Waals surface area contributed by atoms with Gasteiger partial charge >= 0.3 is 0 Å². The predicted molar refractivity (Wildman–Crippen MR) is 129 cm³/mol. The number of fused-ring (bicyclic) bond motifs is 1. The normalized spacial score (nSPS) is 10.8. The van der Waals surface area contributed by atoms with Crippen LogP contribution >= 0.6 is 0 Å². The van der Waals surface area contributed by atoms with Crippen molar-refractivity contribution in [3.8, 4) is 0 Å². The molecular weight excluding hydrogens is 400 g/mol. The Kier molecular flexibility index (Phi) is 6.35. The number of carbonyl (C=O) groups excluding carboxylic acids is 1. The number of nitrogens with zero attached hydrogens (tertiary/aromatic N) is 3. The summed E-state index contributed by atoms with van der Waals surface area (Å²) in [5, 5.41) is 10.6. The Hall–Kier alpha value is -3.87. The SMILES string of the molecule is Cc1ccc(Nc2cc(C)nc(NCCNC(=O)Cc3cn(C)c4ccccc34)n2)cc1. The van der Waals surface area contributed by atoms with Crippen molar-refractivity contribution < 1.29 is 4.79 Å². The van der Waals surface area contributed by atoms with Crippen LogP contribution in [0.15, 0.2) is 60.8 Å². The molecule has 0 aliphatic heterocycles. The number of amides is 1. The smallest absolute Gasteiger partial charge is 0.224 e. The maximum absolute atomic E-state index is 12.4. The minimum absolute atomic E-state index is 0.00459. The van der Waals surface area contributed by atoms with Crippen molar-refractivity contribution in [2.24, 2.45) is 7.05 Å². The van der Waals surface area contributed by atoms with Crippen LogP contribution in [0.5, 0.6) is 0 Å². The Morgan fingerprint density at radius 1 is 1.00 bits per heavy atom. The average molecular weight is 429 g/mol. The first-order valence-electron chi connectivity index (χ1n) is 10.7. The van der Waals surface area contributed by atoms with Gasteiger partial charge in [-0.05, 0) is 37.6 Å². The zero-order chi connectivity index (χ0) is 22.5. The second-order valence-corrected chi connectivity index (χ2v) is 7.95. The van der Waals surface area contributed by atoms with E-state index in [1.165, 1.54) is 5.56 Å². The molecular formula is C25H28N6O. The van der Waals surface area contributed by atoms with Gasteiger partial charge < -0.3 is 20.5 Å². The third-order valence-electron chi connectivity index (χ3n) is 5.24. The van der Waals surface area contributed by atoms with E-state index in [4.69, 9.17) is 0 Å². The quantitative estimate of drug-likeness (QED) is 0.368. The molecule has 0 spiro atoms. The predicted octanol–water partition coefficient (Wildman–Crippen LogP) is 4.10. The van der Waals surface area contributed by atoms with Gasteiger partial charge in [0.05, 0.1) is 6.42 Å². The Labute approximate surface area is 187 Å². The molecule has 2 aromatic carbocycles. The van der Waals surface area contributed by atoms with Crippen LogP contribution in [0.3, 0.4) is 0 Å². The number of rotatable bonds is 8. The van der Waals surface area contributed by atoms with Crippen molar-refractivity contribution >= 4 is 34.3 Å². The summed E-state index contributed by atoms with van der Waals surface area (Å²) in [6, 6.07) is 18.2. The van der Waals surface area contributed by atoms with E-state index < -0.39 is 0 Å². The fraction of sp³-hybridized carbons (Fsp3) is 0.240. The number of benzene rings is 2. The highest BCUT2D eigenvalue weighted by Gasteiger charge is 2.10. The number of para-hydroxylation sites is 1. The first kappa shape index (κ1) is 21.4. The largest absolute Gasteiger partial charge is 0.354 e. The van der Waals surface area contributed by atoms with Gasteiger partial charge in [0.15, 0.2) is 0 Å². The minimum atomic E-state index is -0.00459. The van der Waals surface area contributed by atoms with Gasteiger partial charge in [-0.1, -0.05) is 35.9 Å². The van der Waals surface area contributed by atoms with Gasteiger partial charge in [0.1, 0.15) is 5.82 Å². The monoisotopic (exact) mass is 428 g/mol. The third-order valence-corrected chi connectivity index (χ3v) is 5.24. The lowest BCUT2D eigenvalue weighted by atomic mass is 10.1. The van der Waals surface area contributed by atoms with Gasteiger partial charge in [-0.15, -0.1) is 0 Å². The lowest BCUT2D eigenvalue weighted by Crippen LogP contribution is -2.30. The van der Waals surface area contributed by atoms with E-state index >= 15 is 0 Å². The Bertz CT molecular complexity index is 1230. The molecule has 1 amide bonds. The van der Waals surface area contributed by atoms with Crippen LogP contribution in [0.2, 0.25) is 0 Å². The highest BCUT2D eigenvalue weighted by atomic mass is 16.1. The van der Waals surface area contributed by atoms with Crippen molar-refractivity contribution in [1.29, 1.82) is 0 Å². The van der Waals surface area contributed by atoms with Gasteiger partial charge in [0.25, 0.3) is 0 Å². The summed E-state index contributed by atoms with van der Waals surface area (Å²) < 4.78 is 2.05. The summed E-state index contributed by atoms with van der Waals surface area (Å²) in [4.78, 5) is 21.4. The number of carbonyl (C=O) groups is 1. The maximum Gasteiger partial charge on any atom is 0.224 e. The topological polar surface area (TPSA) is 83.9 Å². The van der Waals surface area contributed by atoms with Gasteiger partial charge in [-0.3, -0.25) is 4.79 Å². The van der Waals surface area contributed by atoms with Crippen LogP contribution in [0, 0.1) is 13.8 Å². The molecule has 7 nitrogen and oxygen atoms in total. The number of hydrogen-bond donors (Lipinski definition) is 3. The van der Waals surface area contributed by atoms with E-state index in [1.54, 1.807) is 0 Å². The molecule has 2 heterocycles. The molecule has 2 aromatic heterocycles. The molecule has 164 valence electrons. The molecule has 3 N–H and O–H groups in total. The van der Waals surface area contributed by atoms with Crippen molar-refractivity contribution in [3.05, 3.63) is 77.6 Å². The highest BCUT2D eigenvalue weighted by molar-refractivity contribution is 5.89. The number of anilines is 3. The zero-order valence-corrected chi connectivity index (χ0v) is 18.6. The molecule has 0 radical (unpaired) electrons. The van der Waals surface area contributed by atoms with E-state index in [0.29, 0.717) is 25.5 Å². The van der Waals surface area contributed by atoms with Gasteiger partial charge in [-0.2, -0.15) is 4.98 Å². The first-order valence-corrected chi connectivity index (χ1v) is 10.7. The Morgan fingerprint density at radius 2 is 1.78 bits per heavy atom. The van der Waals surface area contributed by atoms with E-state index in [9.17, 15) is 4.79 Å². The highest BCUT2D eigenvalue weighted by Crippen LogP contribution is 2.20. The Balaban J connectivity index is 1.29. The lowest BCUT2D eigenvalue weighted by Gasteiger charge is -2.11. The fourth-order valence-corrected chi connectivity index (χ4v) is 3.67. The number of aryl methyl sites for hydroxylation is 3. The van der Waals surface area contributed by atoms with Crippen molar-refractivity contribution in [2.45, 2.75) is 20.3 Å². The van der Waals surface area contributed by atoms with Crippen LogP contribution < -0.4 is 16.0 Å². The molecule has 4 aromatic rings. The van der Waals surface area contributed by atoms with Crippen LogP contribution in [-0.2, 0) is 18.3 Å². The Morgan fingerprint density at radius 3 is 2.59 bits per heavy atom. The molecule has 4 rings (SSSR count). The standard InChI is InChI=1S/C25H28N6O/c1-17-8-10-20(11-9-17)29-23-14-18(2)28-25(30-23)27-13-12-26-24(32)15-19-16-31(3)22-7-5-4-6-21(19)22/h4-11,14,16H,12-13,15H2,1-3H3,(H,26,32)(H2,27,28,29,30). The summed E-state index contributed by atoms with van der Waals surface area (Å²) in [6.45, 7) is 5.01. The summed E-state index contributed by atoms with van der Waals surface area (Å²) in [7, 11) is 2.00. The van der Waals surface area contributed by atoms with E-state index in [2.05, 4.69) is 61.7 Å².